The molecule has 1 saturated heterocycles. The van der Waals surface area contributed by atoms with Gasteiger partial charge in [-0.05, 0) is 30.9 Å². The monoisotopic (exact) mass is 416 g/mol. The Morgan fingerprint density at radius 2 is 1.97 bits per heavy atom. The first-order valence-corrected chi connectivity index (χ1v) is 10.2. The number of carbonyl (C=O) groups excluding carboxylic acids is 1. The van der Waals surface area contributed by atoms with Gasteiger partial charge in [0.25, 0.3) is 0 Å². The molecule has 7 heteroatoms. The Morgan fingerprint density at radius 1 is 1.30 bits per heavy atom. The van der Waals surface area contributed by atoms with E-state index in [0.29, 0.717) is 12.1 Å². The summed E-state index contributed by atoms with van der Waals surface area (Å²) in [5.41, 5.74) is 0.820. The number of aryl methyl sites for hydroxylation is 1. The Kier molecular flexibility index (Phi) is 7.14. The van der Waals surface area contributed by atoms with E-state index in [2.05, 4.69) is 22.1 Å². The van der Waals surface area contributed by atoms with Gasteiger partial charge in [0.05, 0.1) is 6.04 Å². The lowest BCUT2D eigenvalue weighted by molar-refractivity contribution is -0.170. The number of esters is 1. The first kappa shape index (κ1) is 23.7. The summed E-state index contributed by atoms with van der Waals surface area (Å²) >= 11 is 0. The summed E-state index contributed by atoms with van der Waals surface area (Å²) in [5.74, 6) is 4.87. The smallest absolute Gasteiger partial charge is 0.404 e. The van der Waals surface area contributed by atoms with Gasteiger partial charge in [0, 0.05) is 43.6 Å². The minimum absolute atomic E-state index is 0.0730. The molecule has 1 aliphatic rings. The third kappa shape index (κ3) is 5.73. The maximum Gasteiger partial charge on any atom is 0.404 e. The molecule has 1 aromatic rings. The lowest BCUT2D eigenvalue weighted by Gasteiger charge is -2.35. The molecule has 0 aromatic carbocycles. The Labute approximate surface area is 178 Å². The molecular formula is C23H32N2O5. The molecule has 1 amide bonds. The highest BCUT2D eigenvalue weighted by Gasteiger charge is 2.59. The molecule has 0 aliphatic carbocycles. The number of hydrogen-bond donors (Lipinski definition) is 2. The highest BCUT2D eigenvalue weighted by atomic mass is 16.8. The van der Waals surface area contributed by atoms with Crippen LogP contribution in [0, 0.1) is 30.6 Å². The Balaban J connectivity index is 2.52. The number of pyridine rings is 1. The normalized spacial score (nSPS) is 21.2. The number of cyclic esters (lactones) is 1. The van der Waals surface area contributed by atoms with E-state index in [4.69, 9.17) is 9.47 Å². The molecule has 7 nitrogen and oxygen atoms in total. The van der Waals surface area contributed by atoms with E-state index in [9.17, 15) is 14.7 Å². The van der Waals surface area contributed by atoms with E-state index in [-0.39, 0.29) is 18.3 Å². The topological polar surface area (TPSA) is 97.8 Å². The van der Waals surface area contributed by atoms with Gasteiger partial charge in [-0.1, -0.05) is 39.5 Å². The van der Waals surface area contributed by atoms with Crippen LogP contribution in [-0.4, -0.2) is 39.6 Å². The number of carbonyl (C=O) groups is 2. The summed E-state index contributed by atoms with van der Waals surface area (Å²) in [4.78, 5) is 29.0. The molecule has 0 bridgehead atoms. The van der Waals surface area contributed by atoms with Crippen LogP contribution >= 0.6 is 0 Å². The predicted octanol–water partition coefficient (Wildman–Crippen LogP) is 3.67. The zero-order valence-corrected chi connectivity index (χ0v) is 18.8. The minimum atomic E-state index is -1.52. The maximum atomic E-state index is 13.1. The lowest BCUT2D eigenvalue weighted by Crippen LogP contribution is -2.58. The molecule has 0 unspecified atom stereocenters. The van der Waals surface area contributed by atoms with Gasteiger partial charge in [-0.3, -0.25) is 4.98 Å². The van der Waals surface area contributed by atoms with Crippen molar-refractivity contribution in [1.29, 1.82) is 0 Å². The molecule has 0 saturated carbocycles. The lowest BCUT2D eigenvalue weighted by atomic mass is 9.83. The number of aromatic nitrogens is 1. The van der Waals surface area contributed by atoms with Crippen molar-refractivity contribution in [3.05, 3.63) is 29.1 Å². The third-order valence-electron chi connectivity index (χ3n) is 4.78. The van der Waals surface area contributed by atoms with Gasteiger partial charge in [-0.15, -0.1) is 0 Å². The summed E-state index contributed by atoms with van der Waals surface area (Å²) in [6.07, 6.45) is 0.967. The molecule has 2 atom stereocenters. The van der Waals surface area contributed by atoms with Gasteiger partial charge >= 0.3 is 12.1 Å². The molecule has 30 heavy (non-hydrogen) atoms. The molecule has 1 aromatic heterocycles. The third-order valence-corrected chi connectivity index (χ3v) is 4.78. The number of carboxylic acid groups (broad SMARTS) is 1. The van der Waals surface area contributed by atoms with Crippen LogP contribution in [0.5, 0.6) is 0 Å². The van der Waals surface area contributed by atoms with Crippen molar-refractivity contribution in [2.24, 2.45) is 11.8 Å². The average molecular weight is 417 g/mol. The highest BCUT2D eigenvalue weighted by molar-refractivity contribution is 5.84. The quantitative estimate of drug-likeness (QED) is 0.542. The van der Waals surface area contributed by atoms with Gasteiger partial charge in [-0.2, -0.15) is 0 Å². The molecule has 0 spiro atoms. The SMILES string of the molecule is Cc1cnc(C[C@]2([C@H](CC(C)C)NC(=O)O)OC(C)(C)OC2=O)cc1C#CC(C)C. The van der Waals surface area contributed by atoms with Crippen LogP contribution in [0.1, 0.15) is 64.8 Å². The zero-order chi connectivity index (χ0) is 22.7. The fourth-order valence-corrected chi connectivity index (χ4v) is 3.53. The summed E-state index contributed by atoms with van der Waals surface area (Å²) < 4.78 is 11.6. The number of nitrogens with one attached hydrogen (secondary N) is 1. The first-order chi connectivity index (χ1) is 13.8. The standard InChI is InChI=1S/C23H32N2O5/c1-14(2)8-9-17-11-18(24-13-16(17)5)12-23(20(26)29-22(6,7)30-23)19(10-15(3)4)25-21(27)28/h11,13-15,19,25H,10,12H2,1-7H3,(H,27,28)/t19-,23+/m0/s1. The molecule has 0 radical (unpaired) electrons. The van der Waals surface area contributed by atoms with E-state index in [1.807, 2.05) is 40.7 Å². The van der Waals surface area contributed by atoms with E-state index in [1.165, 1.54) is 0 Å². The van der Waals surface area contributed by atoms with Gasteiger partial charge in [0.1, 0.15) is 0 Å². The van der Waals surface area contributed by atoms with Crippen molar-refractivity contribution >= 4 is 12.1 Å². The van der Waals surface area contributed by atoms with Gasteiger partial charge < -0.3 is 19.9 Å². The van der Waals surface area contributed by atoms with Crippen LogP contribution in [0.25, 0.3) is 0 Å². The highest BCUT2D eigenvalue weighted by Crippen LogP contribution is 2.39. The second-order valence-corrected chi connectivity index (χ2v) is 9.00. The molecule has 1 fully saturated rings. The molecule has 2 heterocycles. The van der Waals surface area contributed by atoms with Crippen molar-refractivity contribution in [2.45, 2.75) is 78.7 Å². The van der Waals surface area contributed by atoms with Crippen LogP contribution in [0.2, 0.25) is 0 Å². The minimum Gasteiger partial charge on any atom is -0.465 e. The van der Waals surface area contributed by atoms with Crippen LogP contribution < -0.4 is 5.32 Å². The molecular weight excluding hydrogens is 384 g/mol. The van der Waals surface area contributed by atoms with E-state index < -0.39 is 29.5 Å². The Hall–Kier alpha value is -2.59. The summed E-state index contributed by atoms with van der Waals surface area (Å²) in [6, 6.07) is 1.04. The van der Waals surface area contributed by atoms with Crippen LogP contribution in [0.3, 0.4) is 0 Å². The van der Waals surface area contributed by atoms with Crippen molar-refractivity contribution in [3.8, 4) is 11.8 Å². The van der Waals surface area contributed by atoms with Crippen LogP contribution in [0.15, 0.2) is 12.3 Å². The number of amides is 1. The number of ether oxygens (including phenoxy) is 2. The summed E-state index contributed by atoms with van der Waals surface area (Å²) in [7, 11) is 0. The van der Waals surface area contributed by atoms with E-state index in [1.54, 1.807) is 20.0 Å². The van der Waals surface area contributed by atoms with E-state index in [0.717, 1.165) is 11.1 Å². The predicted molar refractivity (Wildman–Crippen MR) is 113 cm³/mol. The molecule has 1 aliphatic heterocycles. The van der Waals surface area contributed by atoms with Crippen molar-refractivity contribution in [2.75, 3.05) is 0 Å². The second-order valence-electron chi connectivity index (χ2n) is 9.00. The van der Waals surface area contributed by atoms with E-state index >= 15 is 0 Å². The fraction of sp³-hybridized carbons (Fsp3) is 0.609. The van der Waals surface area contributed by atoms with Crippen molar-refractivity contribution in [3.63, 3.8) is 0 Å². The largest absolute Gasteiger partial charge is 0.465 e. The maximum absolute atomic E-state index is 13.1. The first-order valence-electron chi connectivity index (χ1n) is 10.2. The molecule has 2 N–H and O–H groups in total. The average Bonchev–Trinajstić information content (AvgIpc) is 2.83. The molecule has 2 rings (SSSR count). The zero-order valence-electron chi connectivity index (χ0n) is 18.8. The number of nitrogens with zero attached hydrogens (tertiary/aromatic N) is 1. The van der Waals surface area contributed by atoms with Crippen LogP contribution in [-0.2, 0) is 20.7 Å². The van der Waals surface area contributed by atoms with Gasteiger partial charge in [-0.25, -0.2) is 9.59 Å². The fourth-order valence-electron chi connectivity index (χ4n) is 3.53. The summed E-state index contributed by atoms with van der Waals surface area (Å²) in [6.45, 7) is 13.1. The second kappa shape index (κ2) is 9.05. The van der Waals surface area contributed by atoms with Gasteiger partial charge in [0.2, 0.25) is 5.79 Å². The van der Waals surface area contributed by atoms with Crippen molar-refractivity contribution < 1.29 is 24.2 Å². The Bertz CT molecular complexity index is 866. The number of hydrogen-bond acceptors (Lipinski definition) is 5. The Morgan fingerprint density at radius 3 is 2.47 bits per heavy atom. The van der Waals surface area contributed by atoms with Gasteiger partial charge in [0.15, 0.2) is 5.60 Å². The van der Waals surface area contributed by atoms with Crippen LogP contribution in [0.4, 0.5) is 4.79 Å². The van der Waals surface area contributed by atoms with Crippen molar-refractivity contribution in [1.82, 2.24) is 10.3 Å². The summed E-state index contributed by atoms with van der Waals surface area (Å²) in [5, 5.41) is 11.9. The molecule has 164 valence electrons. The number of rotatable bonds is 6.